The van der Waals surface area contributed by atoms with Crippen LogP contribution in [0.4, 0.5) is 4.79 Å². The Kier molecular flexibility index (Phi) is 6.85. The van der Waals surface area contributed by atoms with Gasteiger partial charge in [0.25, 0.3) is 5.91 Å². The highest BCUT2D eigenvalue weighted by atomic mass is 16.5. The molecular formula is C26H31N5O4. The maximum atomic E-state index is 13.0. The summed E-state index contributed by atoms with van der Waals surface area (Å²) >= 11 is 0. The Morgan fingerprint density at radius 2 is 1.89 bits per heavy atom. The Hall–Kier alpha value is -3.59. The molecule has 0 aliphatic carbocycles. The molecule has 2 aliphatic heterocycles. The van der Waals surface area contributed by atoms with Crippen LogP contribution in [0.5, 0.6) is 5.75 Å². The second-order valence-corrected chi connectivity index (χ2v) is 9.02. The molecule has 0 radical (unpaired) electrons. The number of amides is 3. The van der Waals surface area contributed by atoms with Crippen molar-refractivity contribution < 1.29 is 19.1 Å². The number of hydrogen-bond acceptors (Lipinski definition) is 5. The van der Waals surface area contributed by atoms with Gasteiger partial charge in [-0.1, -0.05) is 12.1 Å². The lowest BCUT2D eigenvalue weighted by molar-refractivity contribution is 0.0304. The van der Waals surface area contributed by atoms with E-state index in [1.807, 2.05) is 40.3 Å². The molecule has 4 heterocycles. The predicted octanol–water partition coefficient (Wildman–Crippen LogP) is 2.90. The van der Waals surface area contributed by atoms with Crippen molar-refractivity contribution in [3.8, 4) is 5.75 Å². The fraction of sp³-hybridized carbons (Fsp3) is 0.423. The first-order chi connectivity index (χ1) is 17.1. The van der Waals surface area contributed by atoms with Gasteiger partial charge < -0.3 is 24.6 Å². The fourth-order valence-electron chi connectivity index (χ4n) is 4.84. The van der Waals surface area contributed by atoms with Crippen molar-refractivity contribution in [3.63, 3.8) is 0 Å². The number of fused-ring (bicyclic) bond motifs is 1. The minimum Gasteiger partial charge on any atom is -0.497 e. The van der Waals surface area contributed by atoms with Gasteiger partial charge >= 0.3 is 6.03 Å². The molecule has 2 aliphatic rings. The lowest BCUT2D eigenvalue weighted by Gasteiger charge is -2.32. The van der Waals surface area contributed by atoms with Crippen molar-refractivity contribution >= 4 is 17.5 Å². The van der Waals surface area contributed by atoms with Crippen molar-refractivity contribution in [3.05, 3.63) is 65.5 Å². The van der Waals surface area contributed by atoms with Gasteiger partial charge in [0.05, 0.1) is 37.6 Å². The average molecular weight is 478 g/mol. The first kappa shape index (κ1) is 23.2. The van der Waals surface area contributed by atoms with Crippen molar-refractivity contribution in [2.45, 2.75) is 25.3 Å². The highest BCUT2D eigenvalue weighted by Crippen LogP contribution is 2.29. The van der Waals surface area contributed by atoms with Gasteiger partial charge in [-0.15, -0.1) is 0 Å². The zero-order chi connectivity index (χ0) is 24.2. The van der Waals surface area contributed by atoms with Crippen LogP contribution in [-0.4, -0.2) is 77.9 Å². The smallest absolute Gasteiger partial charge is 0.317 e. The van der Waals surface area contributed by atoms with Crippen molar-refractivity contribution in [2.24, 2.45) is 0 Å². The molecule has 1 N–H and O–H groups in total. The number of urea groups is 1. The number of piperidine rings is 1. The van der Waals surface area contributed by atoms with Crippen molar-refractivity contribution in [1.29, 1.82) is 0 Å². The van der Waals surface area contributed by atoms with E-state index < -0.39 is 0 Å². The molecule has 0 unspecified atom stereocenters. The molecule has 9 heteroatoms. The topological polar surface area (TPSA) is 88.4 Å². The number of nitrogens with zero attached hydrogens (tertiary/aromatic N) is 4. The van der Waals surface area contributed by atoms with Crippen LogP contribution in [0, 0.1) is 0 Å². The van der Waals surface area contributed by atoms with E-state index in [1.54, 1.807) is 17.8 Å². The van der Waals surface area contributed by atoms with E-state index in [0.29, 0.717) is 57.4 Å². The van der Waals surface area contributed by atoms with Crippen LogP contribution in [0.15, 0.2) is 48.8 Å². The number of benzene rings is 1. The first-order valence-corrected chi connectivity index (χ1v) is 12.1. The van der Waals surface area contributed by atoms with E-state index in [9.17, 15) is 9.59 Å². The minimum absolute atomic E-state index is 0.00276. The fourth-order valence-corrected chi connectivity index (χ4v) is 4.84. The molecule has 0 spiro atoms. The van der Waals surface area contributed by atoms with Crippen molar-refractivity contribution in [1.82, 2.24) is 24.7 Å². The van der Waals surface area contributed by atoms with Gasteiger partial charge in [0.1, 0.15) is 5.75 Å². The number of carbonyl (C=O) groups excluding carboxylic acids is 2. The standard InChI is InChI=1S/C26H31N5O4/c1-34-22-4-2-3-19(15-22)17-27-26(33)30-8-5-20(6-9-30)21-7-10-31-24(16-21)23(18-28-31)25(32)29-11-13-35-14-12-29/h2-4,7,10,15-16,18,20H,5-6,8-9,11-14,17H2,1H3,(H,27,33). The summed E-state index contributed by atoms with van der Waals surface area (Å²) in [6.07, 6.45) is 5.34. The van der Waals surface area contributed by atoms with E-state index in [1.165, 1.54) is 5.56 Å². The molecule has 9 nitrogen and oxygen atoms in total. The maximum Gasteiger partial charge on any atom is 0.317 e. The highest BCUT2D eigenvalue weighted by Gasteiger charge is 2.26. The molecule has 5 rings (SSSR count). The van der Waals surface area contributed by atoms with Crippen LogP contribution < -0.4 is 10.1 Å². The number of carbonyl (C=O) groups is 2. The summed E-state index contributed by atoms with van der Waals surface area (Å²) in [5.74, 6) is 1.12. The summed E-state index contributed by atoms with van der Waals surface area (Å²) in [6.45, 7) is 4.21. The third-order valence-corrected chi connectivity index (χ3v) is 6.91. The number of aromatic nitrogens is 2. The normalized spacial score (nSPS) is 16.9. The second-order valence-electron chi connectivity index (χ2n) is 9.02. The van der Waals surface area contributed by atoms with E-state index >= 15 is 0 Å². The Morgan fingerprint density at radius 1 is 1.09 bits per heavy atom. The van der Waals surface area contributed by atoms with Gasteiger partial charge in [-0.2, -0.15) is 5.10 Å². The van der Waals surface area contributed by atoms with E-state index in [-0.39, 0.29) is 11.9 Å². The van der Waals surface area contributed by atoms with Crippen LogP contribution in [-0.2, 0) is 11.3 Å². The summed E-state index contributed by atoms with van der Waals surface area (Å²) in [7, 11) is 1.63. The summed E-state index contributed by atoms with van der Waals surface area (Å²) in [5, 5.41) is 7.40. The van der Waals surface area contributed by atoms with Crippen molar-refractivity contribution in [2.75, 3.05) is 46.5 Å². The number of hydrogen-bond donors (Lipinski definition) is 1. The third kappa shape index (κ3) is 5.09. The summed E-state index contributed by atoms with van der Waals surface area (Å²) in [5.41, 5.74) is 3.65. The predicted molar refractivity (Wildman–Crippen MR) is 131 cm³/mol. The van der Waals surface area contributed by atoms with Gasteiger partial charge in [0, 0.05) is 38.9 Å². The lowest BCUT2D eigenvalue weighted by Crippen LogP contribution is -2.43. The van der Waals surface area contributed by atoms with Crippen LogP contribution in [0.3, 0.4) is 0 Å². The van der Waals surface area contributed by atoms with Gasteiger partial charge in [0.15, 0.2) is 0 Å². The summed E-state index contributed by atoms with van der Waals surface area (Å²) in [4.78, 5) is 29.4. The Balaban J connectivity index is 1.20. The Bertz CT molecular complexity index is 1200. The number of rotatable bonds is 5. The highest BCUT2D eigenvalue weighted by molar-refractivity contribution is 6.00. The molecule has 2 fully saturated rings. The van der Waals surface area contributed by atoms with Gasteiger partial charge in [-0.3, -0.25) is 4.79 Å². The third-order valence-electron chi connectivity index (χ3n) is 6.91. The molecule has 184 valence electrons. The SMILES string of the molecule is COc1cccc(CNC(=O)N2CCC(c3ccn4ncc(C(=O)N5CCOCC5)c4c3)CC2)c1. The maximum absolute atomic E-state index is 13.0. The first-order valence-electron chi connectivity index (χ1n) is 12.1. The largest absolute Gasteiger partial charge is 0.497 e. The van der Waals surface area contributed by atoms with Gasteiger partial charge in [-0.05, 0) is 54.2 Å². The number of pyridine rings is 1. The van der Waals surface area contributed by atoms with Gasteiger partial charge in [-0.25, -0.2) is 9.31 Å². The molecule has 1 aromatic carbocycles. The van der Waals surface area contributed by atoms with E-state index in [0.717, 1.165) is 29.7 Å². The second kappa shape index (κ2) is 10.4. The quantitative estimate of drug-likeness (QED) is 0.611. The summed E-state index contributed by atoms with van der Waals surface area (Å²) in [6, 6.07) is 11.8. The molecule has 3 aromatic rings. The zero-order valence-electron chi connectivity index (χ0n) is 20.0. The zero-order valence-corrected chi connectivity index (χ0v) is 20.0. The molecule has 2 aromatic heterocycles. The van der Waals surface area contributed by atoms with Crippen LogP contribution in [0.2, 0.25) is 0 Å². The minimum atomic E-state index is -0.0455. The molecule has 0 atom stereocenters. The van der Waals surface area contributed by atoms with Gasteiger partial charge in [0.2, 0.25) is 0 Å². The van der Waals surface area contributed by atoms with Crippen LogP contribution >= 0.6 is 0 Å². The molecule has 3 amide bonds. The lowest BCUT2D eigenvalue weighted by atomic mass is 9.89. The number of morpholine rings is 1. The Morgan fingerprint density at radius 3 is 2.66 bits per heavy atom. The summed E-state index contributed by atoms with van der Waals surface area (Å²) < 4.78 is 12.4. The van der Waals surface area contributed by atoms with Crippen LogP contribution in [0.1, 0.15) is 40.2 Å². The number of methoxy groups -OCH3 is 1. The molecule has 35 heavy (non-hydrogen) atoms. The number of ether oxygens (including phenoxy) is 2. The molecule has 0 bridgehead atoms. The number of likely N-dealkylation sites (tertiary alicyclic amines) is 1. The molecule has 2 saturated heterocycles. The molecular weight excluding hydrogens is 446 g/mol. The monoisotopic (exact) mass is 477 g/mol. The average Bonchev–Trinajstić information content (AvgIpc) is 3.35. The van der Waals surface area contributed by atoms with E-state index in [4.69, 9.17) is 9.47 Å². The van der Waals surface area contributed by atoms with Crippen LogP contribution in [0.25, 0.3) is 5.52 Å². The van der Waals surface area contributed by atoms with E-state index in [2.05, 4.69) is 22.5 Å². The molecule has 0 saturated carbocycles. The Labute approximate surface area is 204 Å². The number of nitrogens with one attached hydrogen (secondary N) is 1.